The lowest BCUT2D eigenvalue weighted by Crippen LogP contribution is -1.99. The largest absolute Gasteiger partial charge is 0.380 e. The van der Waals surface area contributed by atoms with Crippen LogP contribution in [0.25, 0.3) is 10.9 Å². The van der Waals surface area contributed by atoms with Crippen molar-refractivity contribution in [2.45, 2.75) is 6.61 Å². The van der Waals surface area contributed by atoms with Crippen LogP contribution >= 0.6 is 11.6 Å². The highest BCUT2D eigenvalue weighted by Crippen LogP contribution is 2.27. The van der Waals surface area contributed by atoms with Crippen molar-refractivity contribution in [3.63, 3.8) is 0 Å². The molecule has 0 aliphatic heterocycles. The fourth-order valence-corrected chi connectivity index (χ4v) is 2.38. The number of methoxy groups -OCH3 is 1. The van der Waals surface area contributed by atoms with Crippen LogP contribution in [-0.2, 0) is 11.3 Å². The minimum absolute atomic E-state index is 0.212. The van der Waals surface area contributed by atoms with Crippen molar-refractivity contribution in [2.75, 3.05) is 12.4 Å². The molecule has 0 aliphatic rings. The number of nitrogens with zero attached hydrogens (tertiary/aromatic N) is 2. The lowest BCUT2D eigenvalue weighted by molar-refractivity contribution is 0.186. The molecule has 0 radical (unpaired) electrons. The maximum atomic E-state index is 6.06. The number of aromatic nitrogens is 2. The van der Waals surface area contributed by atoms with Gasteiger partial charge in [0.05, 0.1) is 12.1 Å². The van der Waals surface area contributed by atoms with Crippen molar-refractivity contribution < 1.29 is 4.74 Å². The Morgan fingerprint density at radius 2 is 1.86 bits per heavy atom. The molecule has 3 rings (SSSR count). The Labute approximate surface area is 127 Å². The maximum Gasteiger partial charge on any atom is 0.224 e. The molecule has 21 heavy (non-hydrogen) atoms. The first-order valence-corrected chi connectivity index (χ1v) is 6.92. The Morgan fingerprint density at radius 3 is 2.62 bits per heavy atom. The molecule has 0 bridgehead atoms. The number of para-hydroxylation sites is 2. The summed E-state index contributed by atoms with van der Waals surface area (Å²) in [4.78, 5) is 8.63. The van der Waals surface area contributed by atoms with Gasteiger partial charge in [-0.2, -0.15) is 4.98 Å². The van der Waals surface area contributed by atoms with Gasteiger partial charge in [-0.05, 0) is 29.8 Å². The summed E-state index contributed by atoms with van der Waals surface area (Å²) in [5, 5.41) is 4.41. The topological polar surface area (TPSA) is 47.0 Å². The van der Waals surface area contributed by atoms with Crippen LogP contribution in [-0.4, -0.2) is 17.1 Å². The van der Waals surface area contributed by atoms with Gasteiger partial charge in [-0.25, -0.2) is 4.98 Å². The number of ether oxygens (including phenoxy) is 1. The van der Waals surface area contributed by atoms with E-state index >= 15 is 0 Å². The molecule has 0 amide bonds. The van der Waals surface area contributed by atoms with E-state index in [1.807, 2.05) is 48.5 Å². The van der Waals surface area contributed by atoms with Crippen molar-refractivity contribution in [3.05, 3.63) is 59.4 Å². The summed E-state index contributed by atoms with van der Waals surface area (Å²) in [5.74, 6) is 0.689. The number of benzene rings is 2. The van der Waals surface area contributed by atoms with Gasteiger partial charge < -0.3 is 10.1 Å². The smallest absolute Gasteiger partial charge is 0.224 e. The lowest BCUT2D eigenvalue weighted by Gasteiger charge is -2.11. The van der Waals surface area contributed by atoms with E-state index in [0.717, 1.165) is 22.2 Å². The average molecular weight is 300 g/mol. The summed E-state index contributed by atoms with van der Waals surface area (Å²) in [6.45, 7) is 0.482. The van der Waals surface area contributed by atoms with Crippen molar-refractivity contribution in [3.8, 4) is 0 Å². The molecule has 0 saturated heterocycles. The molecule has 1 N–H and O–H groups in total. The van der Waals surface area contributed by atoms with Gasteiger partial charge in [0.1, 0.15) is 5.82 Å². The average Bonchev–Trinajstić information content (AvgIpc) is 2.49. The van der Waals surface area contributed by atoms with E-state index in [-0.39, 0.29) is 5.28 Å². The molecule has 0 spiro atoms. The fraction of sp³-hybridized carbons (Fsp3) is 0.125. The second-order valence-electron chi connectivity index (χ2n) is 4.58. The van der Waals surface area contributed by atoms with Crippen LogP contribution in [0, 0.1) is 0 Å². The zero-order valence-electron chi connectivity index (χ0n) is 11.5. The SMILES string of the molecule is COCc1cccc2c(Nc3ccccc3)nc(Cl)nc12. The number of nitrogens with one attached hydrogen (secondary N) is 1. The van der Waals surface area contributed by atoms with E-state index in [1.54, 1.807) is 7.11 Å². The van der Waals surface area contributed by atoms with Crippen LogP contribution in [0.2, 0.25) is 5.28 Å². The van der Waals surface area contributed by atoms with E-state index < -0.39 is 0 Å². The molecule has 1 aromatic heterocycles. The van der Waals surface area contributed by atoms with Crippen LogP contribution in [0.4, 0.5) is 11.5 Å². The number of fused-ring (bicyclic) bond motifs is 1. The predicted molar refractivity (Wildman–Crippen MR) is 85.0 cm³/mol. The molecule has 0 atom stereocenters. The Morgan fingerprint density at radius 1 is 1.05 bits per heavy atom. The van der Waals surface area contributed by atoms with Crippen molar-refractivity contribution in [2.24, 2.45) is 0 Å². The lowest BCUT2D eigenvalue weighted by atomic mass is 10.1. The molecule has 2 aromatic carbocycles. The summed E-state index contributed by atoms with van der Waals surface area (Å²) >= 11 is 6.06. The summed E-state index contributed by atoms with van der Waals surface area (Å²) in [6.07, 6.45) is 0. The predicted octanol–water partition coefficient (Wildman–Crippen LogP) is 4.17. The van der Waals surface area contributed by atoms with Gasteiger partial charge in [0, 0.05) is 23.7 Å². The van der Waals surface area contributed by atoms with Crippen LogP contribution in [0.1, 0.15) is 5.56 Å². The highest BCUT2D eigenvalue weighted by molar-refractivity contribution is 6.28. The van der Waals surface area contributed by atoms with Crippen molar-refractivity contribution >= 4 is 34.0 Å². The number of halogens is 1. The summed E-state index contributed by atoms with van der Waals surface area (Å²) in [6, 6.07) is 15.7. The van der Waals surface area contributed by atoms with Crippen LogP contribution < -0.4 is 5.32 Å². The molecule has 0 fully saturated rings. The van der Waals surface area contributed by atoms with E-state index in [0.29, 0.717) is 12.4 Å². The second kappa shape index (κ2) is 6.08. The third-order valence-electron chi connectivity index (χ3n) is 3.12. The Balaban J connectivity index is 2.12. The normalized spacial score (nSPS) is 10.8. The zero-order valence-corrected chi connectivity index (χ0v) is 12.3. The number of hydrogen-bond donors (Lipinski definition) is 1. The van der Waals surface area contributed by atoms with Gasteiger partial charge >= 0.3 is 0 Å². The molecule has 106 valence electrons. The maximum absolute atomic E-state index is 6.06. The molecular weight excluding hydrogens is 286 g/mol. The highest BCUT2D eigenvalue weighted by Gasteiger charge is 2.10. The first-order valence-electron chi connectivity index (χ1n) is 6.54. The van der Waals surface area contributed by atoms with Crippen LogP contribution in [0.3, 0.4) is 0 Å². The minimum Gasteiger partial charge on any atom is -0.380 e. The molecule has 4 nitrogen and oxygen atoms in total. The molecule has 3 aromatic rings. The van der Waals surface area contributed by atoms with Gasteiger partial charge in [0.2, 0.25) is 5.28 Å². The quantitative estimate of drug-likeness (QED) is 0.734. The molecule has 0 unspecified atom stereocenters. The van der Waals surface area contributed by atoms with Crippen molar-refractivity contribution in [1.82, 2.24) is 9.97 Å². The first kappa shape index (κ1) is 13.8. The van der Waals surface area contributed by atoms with Gasteiger partial charge in [0.15, 0.2) is 0 Å². The monoisotopic (exact) mass is 299 g/mol. The van der Waals surface area contributed by atoms with Crippen LogP contribution in [0.15, 0.2) is 48.5 Å². The molecular formula is C16H14ClN3O. The Hall–Kier alpha value is -2.17. The summed E-state index contributed by atoms with van der Waals surface area (Å²) in [5.41, 5.74) is 2.74. The van der Waals surface area contributed by atoms with E-state index in [2.05, 4.69) is 15.3 Å². The number of anilines is 2. The molecule has 5 heteroatoms. The Bertz CT molecular complexity index is 762. The highest BCUT2D eigenvalue weighted by atomic mass is 35.5. The fourth-order valence-electron chi connectivity index (χ4n) is 2.21. The second-order valence-corrected chi connectivity index (χ2v) is 4.92. The van der Waals surface area contributed by atoms with Gasteiger partial charge in [-0.3, -0.25) is 0 Å². The van der Waals surface area contributed by atoms with E-state index in [4.69, 9.17) is 16.3 Å². The third kappa shape index (κ3) is 2.96. The van der Waals surface area contributed by atoms with Gasteiger partial charge in [-0.15, -0.1) is 0 Å². The zero-order chi connectivity index (χ0) is 14.7. The molecule has 1 heterocycles. The Kier molecular flexibility index (Phi) is 3.99. The standard InChI is InChI=1S/C16H14ClN3O/c1-21-10-11-6-5-9-13-14(11)19-16(17)20-15(13)18-12-7-3-2-4-8-12/h2-9H,10H2,1H3,(H,18,19,20). The first-order chi connectivity index (χ1) is 10.3. The van der Waals surface area contributed by atoms with Gasteiger partial charge in [-0.1, -0.05) is 30.3 Å². The van der Waals surface area contributed by atoms with E-state index in [9.17, 15) is 0 Å². The van der Waals surface area contributed by atoms with Crippen molar-refractivity contribution in [1.29, 1.82) is 0 Å². The van der Waals surface area contributed by atoms with Gasteiger partial charge in [0.25, 0.3) is 0 Å². The summed E-state index contributed by atoms with van der Waals surface area (Å²) < 4.78 is 5.21. The van der Waals surface area contributed by atoms with E-state index in [1.165, 1.54) is 0 Å². The number of rotatable bonds is 4. The molecule has 0 aliphatic carbocycles. The minimum atomic E-state index is 0.212. The molecule has 0 saturated carbocycles. The third-order valence-corrected chi connectivity index (χ3v) is 3.29. The number of hydrogen-bond acceptors (Lipinski definition) is 4. The summed E-state index contributed by atoms with van der Waals surface area (Å²) in [7, 11) is 1.66. The van der Waals surface area contributed by atoms with Crippen LogP contribution in [0.5, 0.6) is 0 Å².